The van der Waals surface area contributed by atoms with Gasteiger partial charge in [-0.05, 0) is 116 Å². The van der Waals surface area contributed by atoms with Gasteiger partial charge in [-0.15, -0.1) is 0 Å². The largest absolute Gasteiger partial charge is 0.265 e. The van der Waals surface area contributed by atoms with E-state index in [-0.39, 0.29) is 0 Å². The Labute approximate surface area is 827 Å². The number of pyridine rings is 4. The Morgan fingerprint density at radius 2 is 0.338 bits per heavy atom. The zero-order valence-corrected chi connectivity index (χ0v) is 81.0. The summed E-state index contributed by atoms with van der Waals surface area (Å²) in [4.78, 5) is 84.2. The molecule has 18 nitrogen and oxygen atoms in total. The highest BCUT2D eigenvalue weighted by atomic mass is 28.3. The molecule has 11 aromatic heterocycles. The van der Waals surface area contributed by atoms with E-state index in [9.17, 15) is 0 Å². The summed E-state index contributed by atoms with van der Waals surface area (Å²) < 4.78 is 0. The standard InChI is InChI=1S/2C31H23N5Si.C30H22N6Si.C28H22N2Si/c1-4-12-24(13-5-1)30-28(20-32-22-35-30)37(25-14-6-2-7-15-25,26-16-8-3-9-17-26)29-21-33-23-36-31(29)27-18-10-11-19-34-27;1-4-10-24(11-5-1)30-28(20-33-22-35-30)37(26-12-6-2-7-13-26,27-14-8-3-9-15-27)29-21-34-23-36-31(29)25-16-18-32-19-17-25;1-3-11-23(12-4-1)37(24-13-5-2-6-14-24,29-25(19-31-21-35-29)27-15-7-9-17-33-27)30-26(20-32-22-36-30)28-16-8-10-18-34-28;1-5-13-23(14-6-1)28-27(21-29-22-30-28)31(24-15-7-2-8-16-24,25-17-9-3-10-18-25)26-19-11-4-12-20-26/h2*1-23H;1-22H;1-22H. The van der Waals surface area contributed by atoms with E-state index in [0.717, 1.165) is 121 Å². The molecule has 0 amide bonds. The molecule has 0 saturated heterocycles. The Morgan fingerprint density at radius 1 is 0.134 bits per heavy atom. The Bertz CT molecular complexity index is 6940. The average Bonchev–Trinajstić information content (AvgIpc) is 0.744. The lowest BCUT2D eigenvalue weighted by atomic mass is 10.1. The lowest BCUT2D eigenvalue weighted by Gasteiger charge is -2.35. The van der Waals surface area contributed by atoms with Crippen molar-refractivity contribution in [3.8, 4) is 78.9 Å². The Balaban J connectivity index is 0.000000116. The molecule has 0 atom stereocenters. The van der Waals surface area contributed by atoms with Crippen molar-refractivity contribution in [1.29, 1.82) is 0 Å². The van der Waals surface area contributed by atoms with Crippen LogP contribution in [-0.4, -0.2) is 122 Å². The summed E-state index contributed by atoms with van der Waals surface area (Å²) in [6.07, 6.45) is 34.1. The van der Waals surface area contributed by atoms with Crippen molar-refractivity contribution in [2.24, 2.45) is 0 Å². The lowest BCUT2D eigenvalue weighted by molar-refractivity contribution is 1.16. The summed E-state index contributed by atoms with van der Waals surface area (Å²) in [7, 11) is -11.9. The third-order valence-corrected chi connectivity index (χ3v) is 44.3. The van der Waals surface area contributed by atoms with Gasteiger partial charge >= 0.3 is 0 Å². The molecule has 0 spiro atoms. The maximum absolute atomic E-state index is 5.02. The predicted molar refractivity (Wildman–Crippen MR) is 579 cm³/mol. The van der Waals surface area contributed by atoms with Gasteiger partial charge in [-0.25, -0.2) is 69.8 Å². The Hall–Kier alpha value is -18.3. The van der Waals surface area contributed by atoms with Gasteiger partial charge in [0, 0.05) is 113 Å². The fourth-order valence-corrected chi connectivity index (χ4v) is 38.9. The van der Waals surface area contributed by atoms with Crippen LogP contribution in [0.1, 0.15) is 0 Å². The Morgan fingerprint density at radius 3 is 0.606 bits per heavy atom. The summed E-state index contributed by atoms with van der Waals surface area (Å²) in [5, 5.41) is 18.3. The molecule has 676 valence electrons. The monoisotopic (exact) mass is 1890 g/mol. The van der Waals surface area contributed by atoms with Crippen molar-refractivity contribution in [1.82, 2.24) is 89.7 Å². The molecule has 0 fully saturated rings. The lowest BCUT2D eigenvalue weighted by Crippen LogP contribution is -2.77. The second-order valence-corrected chi connectivity index (χ2v) is 48.1. The van der Waals surface area contributed by atoms with Crippen LogP contribution in [0.15, 0.2) is 549 Å². The van der Waals surface area contributed by atoms with E-state index in [4.69, 9.17) is 34.9 Å². The van der Waals surface area contributed by atoms with Crippen molar-refractivity contribution in [3.05, 3.63) is 549 Å². The van der Waals surface area contributed by atoms with Crippen molar-refractivity contribution < 1.29 is 0 Å². The van der Waals surface area contributed by atoms with Crippen LogP contribution in [0.25, 0.3) is 78.9 Å². The van der Waals surface area contributed by atoms with E-state index >= 15 is 0 Å². The van der Waals surface area contributed by atoms with E-state index in [2.05, 4.69) is 364 Å². The summed E-state index contributed by atoms with van der Waals surface area (Å²) in [6.45, 7) is 0. The fraction of sp³-hybridized carbons (Fsp3) is 0. The zero-order chi connectivity index (χ0) is 95.7. The first-order valence-electron chi connectivity index (χ1n) is 46.5. The quantitative estimate of drug-likeness (QED) is 0.0428. The van der Waals surface area contributed by atoms with Crippen molar-refractivity contribution >= 4 is 116 Å². The smallest absolute Gasteiger partial charge is 0.225 e. The molecule has 0 aliphatic heterocycles. The number of aromatic nitrogens is 18. The molecule has 0 aliphatic rings. The summed E-state index contributed by atoms with van der Waals surface area (Å²) >= 11 is 0. The van der Waals surface area contributed by atoms with Gasteiger partial charge < -0.3 is 0 Å². The molecule has 23 aromatic rings. The highest BCUT2D eigenvalue weighted by Crippen LogP contribution is 2.29. The first-order valence-corrected chi connectivity index (χ1v) is 54.5. The van der Waals surface area contributed by atoms with Crippen LogP contribution in [-0.2, 0) is 0 Å². The van der Waals surface area contributed by atoms with Crippen LogP contribution in [0, 0.1) is 0 Å². The molecule has 11 heterocycles. The molecular weight excluding hydrogens is 1810 g/mol. The van der Waals surface area contributed by atoms with Crippen LogP contribution in [0.3, 0.4) is 0 Å². The summed E-state index contributed by atoms with van der Waals surface area (Å²) in [5.41, 5.74) is 12.9. The molecule has 0 saturated carbocycles. The molecule has 0 bridgehead atoms. The number of nitrogens with zero attached hydrogens (tertiary/aromatic N) is 18. The van der Waals surface area contributed by atoms with Crippen LogP contribution < -0.4 is 83.2 Å². The number of rotatable bonds is 23. The number of hydrogen-bond donors (Lipinski definition) is 0. The normalized spacial score (nSPS) is 11.2. The van der Waals surface area contributed by atoms with Crippen LogP contribution in [0.2, 0.25) is 0 Å². The first kappa shape index (κ1) is 91.4. The zero-order valence-electron chi connectivity index (χ0n) is 77.0. The van der Waals surface area contributed by atoms with Gasteiger partial charge in [0.25, 0.3) is 0 Å². The third-order valence-electron chi connectivity index (χ3n) is 25.5. The molecule has 23 rings (SSSR count). The molecule has 0 radical (unpaired) electrons. The molecule has 0 aliphatic carbocycles. The van der Waals surface area contributed by atoms with Gasteiger partial charge in [-0.3, -0.25) is 19.9 Å². The summed E-state index contributed by atoms with van der Waals surface area (Å²) in [6, 6.07) is 149. The van der Waals surface area contributed by atoms with Gasteiger partial charge in [0.2, 0.25) is 8.07 Å². The van der Waals surface area contributed by atoms with Crippen molar-refractivity contribution in [2.75, 3.05) is 0 Å². The van der Waals surface area contributed by atoms with E-state index in [1.807, 2.05) is 165 Å². The SMILES string of the molecule is c1ccc(-c2ncncc2[Si](c2ccccc2)(c2ccccc2)c2ccccc2)cc1.c1ccc(-c2ncncc2[Si](c2ccccc2)(c2ccccc2)c2cncnc2-c2ccccn2)cc1.c1ccc(-c2ncncc2[Si](c2ccccc2)(c2ccccc2)c2cncnc2-c2ccncc2)cc1.c1ccc([Si](c2ccccc2)(c2ncncc2-c2ccccn2)c2ncncc2-c2ccccn2)cc1. The predicted octanol–water partition coefficient (Wildman–Crippen LogP) is 13.0. The van der Waals surface area contributed by atoms with E-state index in [1.165, 1.54) is 41.5 Å². The van der Waals surface area contributed by atoms with Crippen LogP contribution in [0.4, 0.5) is 0 Å². The van der Waals surface area contributed by atoms with Crippen molar-refractivity contribution in [3.63, 3.8) is 0 Å². The maximum atomic E-state index is 5.02. The van der Waals surface area contributed by atoms with Gasteiger partial charge in [0.15, 0.2) is 24.2 Å². The van der Waals surface area contributed by atoms with Gasteiger partial charge in [-0.1, -0.05) is 382 Å². The minimum absolute atomic E-state index is 0.807. The van der Waals surface area contributed by atoms with Crippen LogP contribution in [0.5, 0.6) is 0 Å². The molecule has 142 heavy (non-hydrogen) atoms. The number of benzene rings is 12. The van der Waals surface area contributed by atoms with E-state index < -0.39 is 32.3 Å². The minimum atomic E-state index is -3.14. The molecule has 12 aromatic carbocycles. The number of hydrogen-bond acceptors (Lipinski definition) is 18. The average molecular weight is 1900 g/mol. The minimum Gasteiger partial charge on any atom is -0.265 e. The topological polar surface area (TPSA) is 232 Å². The van der Waals surface area contributed by atoms with Crippen molar-refractivity contribution in [2.45, 2.75) is 0 Å². The first-order chi connectivity index (χ1) is 70.6. The molecule has 0 N–H and O–H groups in total. The van der Waals surface area contributed by atoms with Gasteiger partial charge in [0.05, 0.1) is 56.2 Å². The van der Waals surface area contributed by atoms with E-state index in [1.54, 1.807) is 75.3 Å². The second kappa shape index (κ2) is 43.8. The van der Waals surface area contributed by atoms with E-state index in [0.29, 0.717) is 0 Å². The molecule has 0 unspecified atom stereocenters. The highest BCUT2D eigenvalue weighted by molar-refractivity contribution is 7.22. The van der Waals surface area contributed by atoms with Gasteiger partial charge in [-0.2, -0.15) is 0 Å². The second-order valence-electron chi connectivity index (χ2n) is 33.3. The third kappa shape index (κ3) is 18.4. The Kier molecular flexibility index (Phi) is 28.2. The fourth-order valence-electron chi connectivity index (χ4n) is 19.5. The maximum Gasteiger partial charge on any atom is 0.225 e. The highest BCUT2D eigenvalue weighted by Gasteiger charge is 2.51. The van der Waals surface area contributed by atoms with Crippen LogP contribution >= 0.6 is 0 Å². The van der Waals surface area contributed by atoms with Gasteiger partial charge in [0.1, 0.15) is 44.3 Å². The molecular formula is C120H90N18Si4. The molecule has 22 heteroatoms. The summed E-state index contributed by atoms with van der Waals surface area (Å²) in [5.74, 6) is 0.